The number of aromatic nitrogens is 2. The first kappa shape index (κ1) is 13.8. The van der Waals surface area contributed by atoms with Crippen LogP contribution in [0.4, 0.5) is 0 Å². The van der Waals surface area contributed by atoms with Gasteiger partial charge in [0.25, 0.3) is 0 Å². The maximum Gasteiger partial charge on any atom is 0.141 e. The van der Waals surface area contributed by atoms with Gasteiger partial charge in [0.15, 0.2) is 0 Å². The molecule has 1 aliphatic heterocycles. The van der Waals surface area contributed by atoms with Crippen molar-refractivity contribution in [2.24, 2.45) is 0 Å². The minimum atomic E-state index is 0.533. The van der Waals surface area contributed by atoms with Gasteiger partial charge in [-0.2, -0.15) is 11.8 Å². The SMILES string of the molecule is CCNCCc1c(C)nc(C2CCCS2)nc1C. The third-order valence-electron chi connectivity index (χ3n) is 3.46. The molecular weight excluding hydrogens is 242 g/mol. The molecule has 1 N–H and O–H groups in total. The Morgan fingerprint density at radius 2 is 2.00 bits per heavy atom. The summed E-state index contributed by atoms with van der Waals surface area (Å²) in [5, 5.41) is 3.89. The van der Waals surface area contributed by atoms with E-state index >= 15 is 0 Å². The molecule has 0 radical (unpaired) electrons. The lowest BCUT2D eigenvalue weighted by Crippen LogP contribution is -2.18. The fourth-order valence-corrected chi connectivity index (χ4v) is 3.65. The second-order valence-electron chi connectivity index (χ2n) is 4.84. The Labute approximate surface area is 114 Å². The molecule has 2 heterocycles. The van der Waals surface area contributed by atoms with Crippen molar-refractivity contribution in [3.63, 3.8) is 0 Å². The van der Waals surface area contributed by atoms with Gasteiger partial charge in [0.1, 0.15) is 5.82 Å². The summed E-state index contributed by atoms with van der Waals surface area (Å²) in [7, 11) is 0. The molecule has 0 saturated carbocycles. The molecule has 2 rings (SSSR count). The van der Waals surface area contributed by atoms with Crippen LogP contribution in [0.25, 0.3) is 0 Å². The Kier molecular flexibility index (Phi) is 5.01. The Bertz CT molecular complexity index is 377. The molecule has 18 heavy (non-hydrogen) atoms. The first-order chi connectivity index (χ1) is 8.72. The van der Waals surface area contributed by atoms with Crippen LogP contribution in [0.2, 0.25) is 0 Å². The smallest absolute Gasteiger partial charge is 0.141 e. The van der Waals surface area contributed by atoms with Gasteiger partial charge in [0.2, 0.25) is 0 Å². The first-order valence-electron chi connectivity index (χ1n) is 6.88. The number of aryl methyl sites for hydroxylation is 2. The van der Waals surface area contributed by atoms with Crippen molar-refractivity contribution < 1.29 is 0 Å². The van der Waals surface area contributed by atoms with E-state index in [1.807, 2.05) is 11.8 Å². The Morgan fingerprint density at radius 1 is 1.28 bits per heavy atom. The van der Waals surface area contributed by atoms with Crippen LogP contribution in [0.1, 0.15) is 47.8 Å². The van der Waals surface area contributed by atoms with Crippen molar-refractivity contribution in [2.75, 3.05) is 18.8 Å². The summed E-state index contributed by atoms with van der Waals surface area (Å²) in [4.78, 5) is 9.47. The van der Waals surface area contributed by atoms with Gasteiger partial charge in [0.05, 0.1) is 5.25 Å². The van der Waals surface area contributed by atoms with Crippen LogP contribution in [0, 0.1) is 13.8 Å². The zero-order valence-corrected chi connectivity index (χ0v) is 12.4. The second kappa shape index (κ2) is 6.53. The minimum absolute atomic E-state index is 0.533. The van der Waals surface area contributed by atoms with E-state index in [9.17, 15) is 0 Å². The van der Waals surface area contributed by atoms with Crippen LogP contribution in [0.3, 0.4) is 0 Å². The van der Waals surface area contributed by atoms with Crippen LogP contribution in [0.5, 0.6) is 0 Å². The van der Waals surface area contributed by atoms with Gasteiger partial charge in [-0.1, -0.05) is 6.92 Å². The van der Waals surface area contributed by atoms with Gasteiger partial charge in [0, 0.05) is 11.4 Å². The molecule has 4 heteroatoms. The molecule has 0 bridgehead atoms. The topological polar surface area (TPSA) is 37.8 Å². The fraction of sp³-hybridized carbons (Fsp3) is 0.714. The summed E-state index contributed by atoms with van der Waals surface area (Å²) in [6, 6.07) is 0. The zero-order chi connectivity index (χ0) is 13.0. The van der Waals surface area contributed by atoms with Gasteiger partial charge in [-0.05, 0) is 57.5 Å². The highest BCUT2D eigenvalue weighted by Crippen LogP contribution is 2.38. The molecule has 1 atom stereocenters. The highest BCUT2D eigenvalue weighted by Gasteiger charge is 2.21. The zero-order valence-electron chi connectivity index (χ0n) is 11.6. The lowest BCUT2D eigenvalue weighted by Gasteiger charge is -2.13. The fourth-order valence-electron chi connectivity index (χ4n) is 2.44. The van der Waals surface area contributed by atoms with Crippen molar-refractivity contribution >= 4 is 11.8 Å². The number of hydrogen-bond donors (Lipinski definition) is 1. The lowest BCUT2D eigenvalue weighted by atomic mass is 10.1. The molecule has 0 amide bonds. The van der Waals surface area contributed by atoms with Gasteiger partial charge in [-0.25, -0.2) is 9.97 Å². The molecule has 1 unspecified atom stereocenters. The van der Waals surface area contributed by atoms with E-state index in [4.69, 9.17) is 9.97 Å². The Morgan fingerprint density at radius 3 is 2.56 bits per heavy atom. The van der Waals surface area contributed by atoms with Gasteiger partial charge in [-0.3, -0.25) is 0 Å². The second-order valence-corrected chi connectivity index (χ2v) is 6.15. The molecule has 1 aromatic heterocycles. The van der Waals surface area contributed by atoms with Crippen molar-refractivity contribution in [1.29, 1.82) is 0 Å². The van der Waals surface area contributed by atoms with E-state index in [2.05, 4.69) is 26.1 Å². The van der Waals surface area contributed by atoms with Crippen molar-refractivity contribution in [1.82, 2.24) is 15.3 Å². The molecule has 100 valence electrons. The largest absolute Gasteiger partial charge is 0.317 e. The number of nitrogens with zero attached hydrogens (tertiary/aromatic N) is 2. The average molecular weight is 265 g/mol. The van der Waals surface area contributed by atoms with E-state index in [0.717, 1.165) is 25.3 Å². The average Bonchev–Trinajstić information content (AvgIpc) is 2.86. The molecule has 0 spiro atoms. The molecule has 3 nitrogen and oxygen atoms in total. The lowest BCUT2D eigenvalue weighted by molar-refractivity contribution is 0.699. The summed E-state index contributed by atoms with van der Waals surface area (Å²) >= 11 is 2.00. The van der Waals surface area contributed by atoms with E-state index in [1.54, 1.807) is 0 Å². The number of hydrogen-bond acceptors (Lipinski definition) is 4. The molecule has 1 saturated heterocycles. The van der Waals surface area contributed by atoms with Crippen LogP contribution in [-0.4, -0.2) is 28.8 Å². The quantitative estimate of drug-likeness (QED) is 0.831. The molecular formula is C14H23N3S. The van der Waals surface area contributed by atoms with Crippen molar-refractivity contribution in [3.8, 4) is 0 Å². The highest BCUT2D eigenvalue weighted by molar-refractivity contribution is 7.99. The normalized spacial score (nSPS) is 19.4. The number of rotatable bonds is 5. The van der Waals surface area contributed by atoms with E-state index in [-0.39, 0.29) is 0 Å². The summed E-state index contributed by atoms with van der Waals surface area (Å²) in [5.41, 5.74) is 3.66. The Hall–Kier alpha value is -0.610. The predicted molar refractivity (Wildman–Crippen MR) is 78.2 cm³/mol. The van der Waals surface area contributed by atoms with Gasteiger partial charge in [-0.15, -0.1) is 0 Å². The highest BCUT2D eigenvalue weighted by atomic mass is 32.2. The molecule has 0 aromatic carbocycles. The van der Waals surface area contributed by atoms with Crippen molar-refractivity contribution in [3.05, 3.63) is 22.8 Å². The monoisotopic (exact) mass is 265 g/mol. The third-order valence-corrected chi connectivity index (χ3v) is 4.83. The Balaban J connectivity index is 2.12. The minimum Gasteiger partial charge on any atom is -0.317 e. The standard InChI is InChI=1S/C14H23N3S/c1-4-15-8-7-12-10(2)16-14(17-11(12)3)13-6-5-9-18-13/h13,15H,4-9H2,1-3H3. The maximum absolute atomic E-state index is 4.73. The first-order valence-corrected chi connectivity index (χ1v) is 7.93. The number of nitrogens with one attached hydrogen (secondary N) is 1. The molecule has 1 fully saturated rings. The van der Waals surface area contributed by atoms with Gasteiger partial charge >= 0.3 is 0 Å². The van der Waals surface area contributed by atoms with E-state index < -0.39 is 0 Å². The summed E-state index contributed by atoms with van der Waals surface area (Å²) < 4.78 is 0. The van der Waals surface area contributed by atoms with Crippen LogP contribution in [0.15, 0.2) is 0 Å². The van der Waals surface area contributed by atoms with E-state index in [1.165, 1.54) is 35.5 Å². The third kappa shape index (κ3) is 3.23. The molecule has 1 aliphatic rings. The summed E-state index contributed by atoms with van der Waals surface area (Å²) in [5.74, 6) is 2.31. The van der Waals surface area contributed by atoms with Crippen LogP contribution in [-0.2, 0) is 6.42 Å². The van der Waals surface area contributed by atoms with Crippen LogP contribution < -0.4 is 5.32 Å². The summed E-state index contributed by atoms with van der Waals surface area (Å²) in [6.07, 6.45) is 3.57. The maximum atomic E-state index is 4.73. The summed E-state index contributed by atoms with van der Waals surface area (Å²) in [6.45, 7) is 8.42. The van der Waals surface area contributed by atoms with Crippen LogP contribution >= 0.6 is 11.8 Å². The van der Waals surface area contributed by atoms with E-state index in [0.29, 0.717) is 5.25 Å². The van der Waals surface area contributed by atoms with Gasteiger partial charge < -0.3 is 5.32 Å². The molecule has 0 aliphatic carbocycles. The number of thioether (sulfide) groups is 1. The van der Waals surface area contributed by atoms with Crippen molar-refractivity contribution in [2.45, 2.75) is 45.3 Å². The predicted octanol–water partition coefficient (Wildman–Crippen LogP) is 2.81. The number of likely N-dealkylation sites (N-methyl/N-ethyl adjacent to an activating group) is 1. The molecule has 1 aromatic rings.